The van der Waals surface area contributed by atoms with E-state index in [2.05, 4.69) is 10.4 Å². The molecule has 1 saturated carbocycles. The molecule has 2 heterocycles. The van der Waals surface area contributed by atoms with Crippen molar-refractivity contribution in [3.63, 3.8) is 0 Å². The van der Waals surface area contributed by atoms with E-state index < -0.39 is 5.54 Å². The Bertz CT molecular complexity index is 628. The molecular formula is C18H28N4O3. The molecule has 0 unspecified atom stereocenters. The van der Waals surface area contributed by atoms with Gasteiger partial charge in [-0.05, 0) is 26.7 Å². The van der Waals surface area contributed by atoms with Crippen molar-refractivity contribution in [2.24, 2.45) is 0 Å². The third kappa shape index (κ3) is 3.71. The second-order valence-corrected chi connectivity index (χ2v) is 6.99. The largest absolute Gasteiger partial charge is 0.378 e. The van der Waals surface area contributed by atoms with Crippen molar-refractivity contribution < 1.29 is 14.3 Å². The molecule has 0 atom stereocenters. The molecule has 1 aliphatic heterocycles. The molecule has 3 rings (SSSR count). The van der Waals surface area contributed by atoms with E-state index in [1.807, 2.05) is 18.7 Å². The van der Waals surface area contributed by atoms with Crippen LogP contribution in [0.25, 0.3) is 0 Å². The van der Waals surface area contributed by atoms with Gasteiger partial charge in [-0.1, -0.05) is 19.3 Å². The van der Waals surface area contributed by atoms with Crippen LogP contribution in [-0.4, -0.2) is 58.3 Å². The fourth-order valence-electron chi connectivity index (χ4n) is 3.80. The Morgan fingerprint density at radius 1 is 1.24 bits per heavy atom. The van der Waals surface area contributed by atoms with Gasteiger partial charge in [0.2, 0.25) is 5.91 Å². The summed E-state index contributed by atoms with van der Waals surface area (Å²) >= 11 is 0. The predicted molar refractivity (Wildman–Crippen MR) is 93.3 cm³/mol. The maximum atomic E-state index is 13.2. The Balaban J connectivity index is 1.81. The van der Waals surface area contributed by atoms with Crippen molar-refractivity contribution in [2.45, 2.75) is 58.0 Å². The lowest BCUT2D eigenvalue weighted by Gasteiger charge is -2.41. The van der Waals surface area contributed by atoms with Crippen molar-refractivity contribution in [1.82, 2.24) is 20.0 Å². The molecule has 7 nitrogen and oxygen atoms in total. The van der Waals surface area contributed by atoms with Crippen LogP contribution >= 0.6 is 0 Å². The SMILES string of the molecule is CCn1cc(C(=O)NC2(C(=O)N3CCOCC3)CCCCC2)c(C)n1. The number of nitrogens with zero attached hydrogens (tertiary/aromatic N) is 3. The van der Waals surface area contributed by atoms with Crippen molar-refractivity contribution in [3.8, 4) is 0 Å². The predicted octanol–water partition coefficient (Wildman–Crippen LogP) is 1.50. The number of nitrogens with one attached hydrogen (secondary N) is 1. The van der Waals surface area contributed by atoms with Crippen molar-refractivity contribution in [3.05, 3.63) is 17.5 Å². The number of rotatable bonds is 4. The van der Waals surface area contributed by atoms with Crippen LogP contribution in [0.1, 0.15) is 55.1 Å². The summed E-state index contributed by atoms with van der Waals surface area (Å²) in [5.41, 5.74) is 0.471. The quantitative estimate of drug-likeness (QED) is 0.895. The van der Waals surface area contributed by atoms with E-state index in [1.165, 1.54) is 0 Å². The average molecular weight is 348 g/mol. The van der Waals surface area contributed by atoms with Crippen molar-refractivity contribution in [2.75, 3.05) is 26.3 Å². The van der Waals surface area contributed by atoms with E-state index in [9.17, 15) is 9.59 Å². The van der Waals surface area contributed by atoms with Gasteiger partial charge in [-0.3, -0.25) is 14.3 Å². The van der Waals surface area contributed by atoms with Gasteiger partial charge in [0.25, 0.3) is 5.91 Å². The topological polar surface area (TPSA) is 76.5 Å². The first-order valence-electron chi connectivity index (χ1n) is 9.29. The van der Waals surface area contributed by atoms with E-state index in [0.717, 1.165) is 19.3 Å². The summed E-state index contributed by atoms with van der Waals surface area (Å²) in [5, 5.41) is 7.44. The van der Waals surface area contributed by atoms with Crippen LogP contribution in [0, 0.1) is 6.92 Å². The Morgan fingerprint density at radius 3 is 2.52 bits per heavy atom. The van der Waals surface area contributed by atoms with Gasteiger partial charge in [0.15, 0.2) is 0 Å². The van der Waals surface area contributed by atoms with Crippen molar-refractivity contribution >= 4 is 11.8 Å². The van der Waals surface area contributed by atoms with Gasteiger partial charge in [-0.25, -0.2) is 0 Å². The number of carbonyl (C=O) groups is 2. The molecule has 1 aromatic heterocycles. The first-order valence-corrected chi connectivity index (χ1v) is 9.29. The van der Waals surface area contributed by atoms with Gasteiger partial charge >= 0.3 is 0 Å². The zero-order valence-corrected chi connectivity index (χ0v) is 15.2. The third-order valence-electron chi connectivity index (χ3n) is 5.28. The zero-order chi connectivity index (χ0) is 17.9. The standard InChI is InChI=1S/C18H28N4O3/c1-3-22-13-15(14(2)20-22)16(23)19-18(7-5-4-6-8-18)17(24)21-9-11-25-12-10-21/h13H,3-12H2,1-2H3,(H,19,23). The van der Waals surface area contributed by atoms with Gasteiger partial charge in [-0.2, -0.15) is 5.10 Å². The van der Waals surface area contributed by atoms with E-state index in [1.54, 1.807) is 10.9 Å². The van der Waals surface area contributed by atoms with E-state index in [4.69, 9.17) is 4.74 Å². The molecule has 2 amide bonds. The maximum Gasteiger partial charge on any atom is 0.255 e. The van der Waals surface area contributed by atoms with Gasteiger partial charge < -0.3 is 15.0 Å². The van der Waals surface area contributed by atoms with Gasteiger partial charge in [-0.15, -0.1) is 0 Å². The molecule has 2 aliphatic rings. The van der Waals surface area contributed by atoms with Crippen LogP contribution in [-0.2, 0) is 16.1 Å². The highest BCUT2D eigenvalue weighted by Crippen LogP contribution is 2.31. The van der Waals surface area contributed by atoms with Crippen LogP contribution in [0.15, 0.2) is 6.20 Å². The summed E-state index contributed by atoms with van der Waals surface area (Å²) in [6.07, 6.45) is 6.21. The molecule has 1 N–H and O–H groups in total. The summed E-state index contributed by atoms with van der Waals surface area (Å²) in [6, 6.07) is 0. The second-order valence-electron chi connectivity index (χ2n) is 6.99. The number of amides is 2. The highest BCUT2D eigenvalue weighted by molar-refractivity contribution is 5.99. The Kier molecular flexibility index (Phi) is 5.42. The number of ether oxygens (including phenoxy) is 1. The van der Waals surface area contributed by atoms with Gasteiger partial charge in [0.05, 0.1) is 24.5 Å². The van der Waals surface area contributed by atoms with Crippen LogP contribution in [0.2, 0.25) is 0 Å². The number of hydrogen-bond donors (Lipinski definition) is 1. The molecule has 2 fully saturated rings. The Labute approximate surface area is 148 Å². The molecule has 0 aromatic carbocycles. The van der Waals surface area contributed by atoms with Crippen molar-refractivity contribution in [1.29, 1.82) is 0 Å². The number of aromatic nitrogens is 2. The number of carbonyl (C=O) groups excluding carboxylic acids is 2. The highest BCUT2D eigenvalue weighted by Gasteiger charge is 2.44. The fourth-order valence-corrected chi connectivity index (χ4v) is 3.80. The highest BCUT2D eigenvalue weighted by atomic mass is 16.5. The molecule has 0 spiro atoms. The summed E-state index contributed by atoms with van der Waals surface area (Å²) in [4.78, 5) is 28.0. The minimum atomic E-state index is -0.784. The Hall–Kier alpha value is -1.89. The zero-order valence-electron chi connectivity index (χ0n) is 15.2. The maximum absolute atomic E-state index is 13.2. The first-order chi connectivity index (χ1) is 12.1. The summed E-state index contributed by atoms with van der Waals surface area (Å²) in [5.74, 6) is -0.148. The molecule has 7 heteroatoms. The molecular weight excluding hydrogens is 320 g/mol. The van der Waals surface area contributed by atoms with Crippen LogP contribution in [0.3, 0.4) is 0 Å². The van der Waals surface area contributed by atoms with E-state index >= 15 is 0 Å². The van der Waals surface area contributed by atoms with E-state index in [-0.39, 0.29) is 11.8 Å². The van der Waals surface area contributed by atoms with Crippen LogP contribution in [0.5, 0.6) is 0 Å². The minimum absolute atomic E-state index is 0.0457. The normalized spacial score (nSPS) is 20.3. The molecule has 0 radical (unpaired) electrons. The Morgan fingerprint density at radius 2 is 1.92 bits per heavy atom. The lowest BCUT2D eigenvalue weighted by atomic mass is 9.80. The lowest BCUT2D eigenvalue weighted by molar-refractivity contribution is -0.143. The summed E-state index contributed by atoms with van der Waals surface area (Å²) < 4.78 is 7.11. The number of aryl methyl sites for hydroxylation is 2. The monoisotopic (exact) mass is 348 g/mol. The first kappa shape index (κ1) is 17.9. The molecule has 25 heavy (non-hydrogen) atoms. The van der Waals surface area contributed by atoms with Gasteiger partial charge in [0, 0.05) is 25.8 Å². The van der Waals surface area contributed by atoms with Crippen LogP contribution < -0.4 is 5.32 Å². The molecule has 1 aromatic rings. The molecule has 1 saturated heterocycles. The van der Waals surface area contributed by atoms with Crippen LogP contribution in [0.4, 0.5) is 0 Å². The molecule has 138 valence electrons. The van der Waals surface area contributed by atoms with E-state index in [0.29, 0.717) is 56.9 Å². The molecule has 1 aliphatic carbocycles. The minimum Gasteiger partial charge on any atom is -0.378 e. The number of morpholine rings is 1. The fraction of sp³-hybridized carbons (Fsp3) is 0.722. The molecule has 0 bridgehead atoms. The third-order valence-corrected chi connectivity index (χ3v) is 5.28. The second kappa shape index (κ2) is 7.56. The smallest absolute Gasteiger partial charge is 0.255 e. The lowest BCUT2D eigenvalue weighted by Crippen LogP contribution is -2.62. The van der Waals surface area contributed by atoms with Gasteiger partial charge in [0.1, 0.15) is 5.54 Å². The summed E-state index contributed by atoms with van der Waals surface area (Å²) in [7, 11) is 0. The summed E-state index contributed by atoms with van der Waals surface area (Å²) in [6.45, 7) is 6.87. The average Bonchev–Trinajstić information content (AvgIpc) is 3.03. The number of hydrogen-bond acceptors (Lipinski definition) is 4.